The normalized spacial score (nSPS) is 12.5. The first-order valence-electron chi connectivity index (χ1n) is 6.01. The molecule has 0 aliphatic carbocycles. The van der Waals surface area contributed by atoms with Gasteiger partial charge in [-0.2, -0.15) is 0 Å². The molecule has 0 N–H and O–H groups in total. The second kappa shape index (κ2) is 7.45. The third-order valence-corrected chi connectivity index (χ3v) is 2.98. The van der Waals surface area contributed by atoms with Crippen LogP contribution < -0.4 is 4.74 Å². The lowest BCUT2D eigenvalue weighted by Gasteiger charge is -2.13. The molecule has 1 rings (SSSR count). The van der Waals surface area contributed by atoms with E-state index < -0.39 is 4.92 Å². The van der Waals surface area contributed by atoms with Gasteiger partial charge in [-0.05, 0) is 31.9 Å². The Morgan fingerprint density at radius 1 is 1.42 bits per heavy atom. The van der Waals surface area contributed by atoms with Crippen molar-refractivity contribution < 1.29 is 14.4 Å². The Morgan fingerprint density at radius 2 is 2.11 bits per heavy atom. The summed E-state index contributed by atoms with van der Waals surface area (Å²) in [5.41, 5.74) is 0.968. The predicted molar refractivity (Wildman–Crippen MR) is 77.2 cm³/mol. The van der Waals surface area contributed by atoms with E-state index in [1.807, 2.05) is 13.8 Å². The Kier molecular flexibility index (Phi) is 6.24. The molecule has 6 heteroatoms. The van der Waals surface area contributed by atoms with Crippen LogP contribution in [0.5, 0.6) is 5.75 Å². The number of halogens is 1. The van der Waals surface area contributed by atoms with Gasteiger partial charge in [-0.3, -0.25) is 10.1 Å². The van der Waals surface area contributed by atoms with Gasteiger partial charge in [0.2, 0.25) is 0 Å². The summed E-state index contributed by atoms with van der Waals surface area (Å²) < 4.78 is 10.5. The highest BCUT2D eigenvalue weighted by Gasteiger charge is 2.17. The number of nitro groups is 1. The molecule has 0 aliphatic heterocycles. The average Bonchev–Trinajstić information content (AvgIpc) is 2.28. The molecule has 1 aromatic carbocycles. The lowest BCUT2D eigenvalue weighted by molar-refractivity contribution is -0.386. The maximum absolute atomic E-state index is 10.9. The first kappa shape index (κ1) is 15.9. The fourth-order valence-corrected chi connectivity index (χ4v) is 2.32. The summed E-state index contributed by atoms with van der Waals surface area (Å²) >= 11 is 3.50. The van der Waals surface area contributed by atoms with Gasteiger partial charge in [-0.25, -0.2) is 0 Å². The molecule has 0 heterocycles. The van der Waals surface area contributed by atoms with Crippen molar-refractivity contribution in [1.82, 2.24) is 0 Å². The SMILES string of the molecule is COCC(Br)Cc1ccc([N+](=O)[O-])c(OC(C)C)c1. The maximum atomic E-state index is 10.9. The zero-order chi connectivity index (χ0) is 14.4. The van der Waals surface area contributed by atoms with Crippen molar-refractivity contribution in [1.29, 1.82) is 0 Å². The standard InChI is InChI=1S/C13H18BrNO4/c1-9(2)19-13-7-10(6-11(14)8-18-3)4-5-12(13)15(16)17/h4-5,7,9,11H,6,8H2,1-3H3. The monoisotopic (exact) mass is 331 g/mol. The van der Waals surface area contributed by atoms with Crippen molar-refractivity contribution in [3.05, 3.63) is 33.9 Å². The van der Waals surface area contributed by atoms with Crippen molar-refractivity contribution in [3.8, 4) is 5.75 Å². The summed E-state index contributed by atoms with van der Waals surface area (Å²) in [6.45, 7) is 4.26. The van der Waals surface area contributed by atoms with Crippen molar-refractivity contribution in [2.24, 2.45) is 0 Å². The van der Waals surface area contributed by atoms with Crippen LogP contribution in [0, 0.1) is 10.1 Å². The quantitative estimate of drug-likeness (QED) is 0.436. The van der Waals surface area contributed by atoms with Crippen LogP contribution in [0.25, 0.3) is 0 Å². The topological polar surface area (TPSA) is 61.6 Å². The Labute approximate surface area is 121 Å². The summed E-state index contributed by atoms with van der Waals surface area (Å²) in [6.07, 6.45) is 0.619. The molecule has 1 atom stereocenters. The number of hydrogen-bond acceptors (Lipinski definition) is 4. The van der Waals surface area contributed by atoms with Crippen LogP contribution in [0.4, 0.5) is 5.69 Å². The van der Waals surface area contributed by atoms with E-state index in [0.29, 0.717) is 12.4 Å². The molecule has 0 saturated heterocycles. The zero-order valence-corrected chi connectivity index (χ0v) is 12.8. The third-order valence-electron chi connectivity index (χ3n) is 2.39. The van der Waals surface area contributed by atoms with Gasteiger partial charge in [0.1, 0.15) is 0 Å². The summed E-state index contributed by atoms with van der Waals surface area (Å²) in [5.74, 6) is 0.314. The molecule has 1 unspecified atom stereocenters. The van der Waals surface area contributed by atoms with E-state index >= 15 is 0 Å². The van der Waals surface area contributed by atoms with Crippen LogP contribution in [0.1, 0.15) is 19.4 Å². The number of hydrogen-bond donors (Lipinski definition) is 0. The number of nitro benzene ring substituents is 1. The lowest BCUT2D eigenvalue weighted by Crippen LogP contribution is -2.11. The van der Waals surface area contributed by atoms with E-state index in [2.05, 4.69) is 15.9 Å². The minimum atomic E-state index is -0.428. The molecule has 106 valence electrons. The van der Waals surface area contributed by atoms with E-state index in [0.717, 1.165) is 12.0 Å². The molecule has 5 nitrogen and oxygen atoms in total. The summed E-state index contributed by atoms with van der Waals surface area (Å²) in [7, 11) is 1.64. The molecular weight excluding hydrogens is 314 g/mol. The Morgan fingerprint density at radius 3 is 2.63 bits per heavy atom. The van der Waals surface area contributed by atoms with Crippen molar-refractivity contribution in [3.63, 3.8) is 0 Å². The fourth-order valence-electron chi connectivity index (χ4n) is 1.68. The molecule has 0 aliphatic rings. The maximum Gasteiger partial charge on any atom is 0.310 e. The van der Waals surface area contributed by atoms with Crippen LogP contribution in [0.2, 0.25) is 0 Å². The number of methoxy groups -OCH3 is 1. The zero-order valence-electron chi connectivity index (χ0n) is 11.3. The smallest absolute Gasteiger partial charge is 0.310 e. The highest BCUT2D eigenvalue weighted by atomic mass is 79.9. The van der Waals surface area contributed by atoms with Gasteiger partial charge in [-0.1, -0.05) is 22.0 Å². The van der Waals surface area contributed by atoms with E-state index in [9.17, 15) is 10.1 Å². The number of nitrogens with zero attached hydrogens (tertiary/aromatic N) is 1. The lowest BCUT2D eigenvalue weighted by atomic mass is 10.1. The molecule has 0 bridgehead atoms. The van der Waals surface area contributed by atoms with Gasteiger partial charge in [0, 0.05) is 18.0 Å². The molecule has 19 heavy (non-hydrogen) atoms. The molecule has 0 aromatic heterocycles. The van der Waals surface area contributed by atoms with E-state index in [-0.39, 0.29) is 16.6 Å². The molecule has 0 spiro atoms. The van der Waals surface area contributed by atoms with E-state index in [1.54, 1.807) is 19.2 Å². The summed E-state index contributed by atoms with van der Waals surface area (Å²) in [5, 5.41) is 10.9. The van der Waals surface area contributed by atoms with E-state index in [1.165, 1.54) is 6.07 Å². The predicted octanol–water partition coefficient (Wildman–Crippen LogP) is 3.33. The number of rotatable bonds is 7. The fraction of sp³-hybridized carbons (Fsp3) is 0.538. The highest BCUT2D eigenvalue weighted by molar-refractivity contribution is 9.09. The molecule has 0 radical (unpaired) electrons. The van der Waals surface area contributed by atoms with E-state index in [4.69, 9.17) is 9.47 Å². The van der Waals surface area contributed by atoms with Crippen molar-refractivity contribution >= 4 is 21.6 Å². The van der Waals surface area contributed by atoms with Gasteiger partial charge in [-0.15, -0.1) is 0 Å². The Bertz CT molecular complexity index is 437. The second-order valence-electron chi connectivity index (χ2n) is 4.48. The highest BCUT2D eigenvalue weighted by Crippen LogP contribution is 2.29. The van der Waals surface area contributed by atoms with Gasteiger partial charge in [0.15, 0.2) is 5.75 Å². The van der Waals surface area contributed by atoms with Gasteiger partial charge in [0.25, 0.3) is 0 Å². The van der Waals surface area contributed by atoms with Crippen LogP contribution in [-0.2, 0) is 11.2 Å². The second-order valence-corrected chi connectivity index (χ2v) is 5.78. The molecule has 0 saturated carbocycles. The van der Waals surface area contributed by atoms with Gasteiger partial charge >= 0.3 is 5.69 Å². The van der Waals surface area contributed by atoms with Crippen LogP contribution in [0.3, 0.4) is 0 Å². The third kappa shape index (κ3) is 5.16. The molecule has 0 fully saturated rings. The van der Waals surface area contributed by atoms with Gasteiger partial charge in [0.05, 0.1) is 17.6 Å². The first-order valence-corrected chi connectivity index (χ1v) is 6.92. The molecular formula is C13H18BrNO4. The minimum Gasteiger partial charge on any atom is -0.484 e. The van der Waals surface area contributed by atoms with Crippen molar-refractivity contribution in [2.45, 2.75) is 31.2 Å². The van der Waals surface area contributed by atoms with Crippen LogP contribution in [-0.4, -0.2) is 29.6 Å². The molecule has 0 amide bonds. The summed E-state index contributed by atoms with van der Waals surface area (Å²) in [6, 6.07) is 4.96. The number of benzene rings is 1. The minimum absolute atomic E-state index is 0.00434. The van der Waals surface area contributed by atoms with Crippen LogP contribution in [0.15, 0.2) is 18.2 Å². The molecule has 1 aromatic rings. The Hall–Kier alpha value is -1.14. The number of ether oxygens (including phenoxy) is 2. The Balaban J connectivity index is 2.94. The van der Waals surface area contributed by atoms with Crippen LogP contribution >= 0.6 is 15.9 Å². The summed E-state index contributed by atoms with van der Waals surface area (Å²) in [4.78, 5) is 10.7. The number of alkyl halides is 1. The van der Waals surface area contributed by atoms with Crippen molar-refractivity contribution in [2.75, 3.05) is 13.7 Å². The average molecular weight is 332 g/mol. The van der Waals surface area contributed by atoms with Gasteiger partial charge < -0.3 is 9.47 Å². The first-order chi connectivity index (χ1) is 8.93. The largest absolute Gasteiger partial charge is 0.484 e.